The Morgan fingerprint density at radius 1 is 0.933 bits per heavy atom. The van der Waals surface area contributed by atoms with Gasteiger partial charge in [0.15, 0.2) is 12.3 Å². The summed E-state index contributed by atoms with van der Waals surface area (Å²) in [6.45, 7) is 6.31. The van der Waals surface area contributed by atoms with Crippen molar-refractivity contribution >= 4 is 53.6 Å². The second-order valence-electron chi connectivity index (χ2n) is 10.7. The van der Waals surface area contributed by atoms with Crippen LogP contribution in [0.25, 0.3) is 27.4 Å². The van der Waals surface area contributed by atoms with E-state index in [1.54, 1.807) is 16.2 Å². The summed E-state index contributed by atoms with van der Waals surface area (Å²) in [5, 5.41) is 0.873. The molecule has 9 nitrogen and oxygen atoms in total. The van der Waals surface area contributed by atoms with Crippen molar-refractivity contribution in [3.8, 4) is 16.9 Å². The van der Waals surface area contributed by atoms with E-state index < -0.39 is 31.7 Å². The minimum absolute atomic E-state index is 0. The number of nitrogens with zero attached hydrogens (tertiary/aromatic N) is 2. The van der Waals surface area contributed by atoms with E-state index in [0.717, 1.165) is 43.1 Å². The maximum absolute atomic E-state index is 11.6. The zero-order chi connectivity index (χ0) is 31.6. The van der Waals surface area contributed by atoms with Gasteiger partial charge >= 0.3 is 51.4 Å². The van der Waals surface area contributed by atoms with Gasteiger partial charge in [0.05, 0.1) is 31.7 Å². The monoisotopic (exact) mass is 692 g/mol. The summed E-state index contributed by atoms with van der Waals surface area (Å²) in [5.41, 5.74) is 6.64. The molecule has 1 aliphatic heterocycles. The first-order valence-corrected chi connectivity index (χ1v) is 18.2. The van der Waals surface area contributed by atoms with Crippen molar-refractivity contribution < 1.29 is 86.6 Å². The molecule has 0 fully saturated rings. The summed E-state index contributed by atoms with van der Waals surface area (Å²) in [5.74, 6) is -0.0916. The predicted octanol–water partition coefficient (Wildman–Crippen LogP) is 2.49. The van der Waals surface area contributed by atoms with Crippen molar-refractivity contribution in [2.75, 3.05) is 23.0 Å². The number of benzene rings is 3. The minimum Gasteiger partial charge on any atom is -0.748 e. The number of ether oxygens (including phenoxy) is 1. The van der Waals surface area contributed by atoms with Gasteiger partial charge in [0.25, 0.3) is 5.01 Å². The average molecular weight is 693 g/mol. The molecule has 0 atom stereocenters. The Hall–Kier alpha value is -1.91. The number of hydrogen-bond donors (Lipinski definition) is 0. The van der Waals surface area contributed by atoms with Gasteiger partial charge in [0, 0.05) is 36.9 Å². The summed E-state index contributed by atoms with van der Waals surface area (Å²) in [7, 11) is -8.83. The Balaban J connectivity index is 0.00000461. The molecule has 0 saturated heterocycles. The van der Waals surface area contributed by atoms with Crippen molar-refractivity contribution in [1.82, 2.24) is 0 Å². The quantitative estimate of drug-likeness (QED) is 0.133. The SMILES string of the molecule is CCC(=Cc1sc2cc(C)c(C)cc2[n+]1CCCS(=O)(=O)[O-])C=C1Oc2ccc(-c3ccccc3)cc2N1CCS(=O)(=O)[O-].[K+]. The van der Waals surface area contributed by atoms with Crippen LogP contribution >= 0.6 is 11.3 Å². The summed E-state index contributed by atoms with van der Waals surface area (Å²) in [6.07, 6.45) is 4.62. The van der Waals surface area contributed by atoms with Gasteiger partial charge < -0.3 is 18.7 Å². The smallest absolute Gasteiger partial charge is 0.748 e. The Bertz CT molecular complexity index is 1990. The standard InChI is InChI=1S/C32H34N2O7S3.K/c1-4-24(20-32-34(13-8-15-43(35,36)37)28-17-22(2)23(3)18-30(28)42-32)19-31-33(14-16-44(38,39)40)27-21-26(11-12-29(27)41-31)25-9-6-5-7-10-25;/h5-7,9-12,17-21H,4,8,13-16H2,1-3H3,(H-,35,36,37,38,39,40);/q;+1/p-1. The van der Waals surface area contributed by atoms with E-state index in [4.69, 9.17) is 4.74 Å². The van der Waals surface area contributed by atoms with E-state index in [1.807, 2.05) is 86.0 Å². The first-order valence-electron chi connectivity index (χ1n) is 14.2. The van der Waals surface area contributed by atoms with E-state index in [1.165, 1.54) is 0 Å². The van der Waals surface area contributed by atoms with Crippen molar-refractivity contribution in [3.05, 3.63) is 94.3 Å². The molecule has 0 N–H and O–H groups in total. The largest absolute Gasteiger partial charge is 1.00 e. The number of allylic oxidation sites excluding steroid dienone is 2. The molecule has 13 heteroatoms. The van der Waals surface area contributed by atoms with Gasteiger partial charge in [-0.25, -0.2) is 16.8 Å². The van der Waals surface area contributed by atoms with Gasteiger partial charge in [-0.05, 0) is 66.3 Å². The zero-order valence-corrected chi connectivity index (χ0v) is 31.2. The van der Waals surface area contributed by atoms with Crippen LogP contribution in [0.3, 0.4) is 0 Å². The Labute approximate surface area is 311 Å². The molecule has 0 saturated carbocycles. The molecule has 0 aliphatic carbocycles. The van der Waals surface area contributed by atoms with Crippen molar-refractivity contribution in [2.24, 2.45) is 0 Å². The van der Waals surface area contributed by atoms with Crippen LogP contribution in [0.5, 0.6) is 5.75 Å². The fraction of sp³-hybridized carbons (Fsp3) is 0.281. The zero-order valence-electron chi connectivity index (χ0n) is 25.6. The molecule has 4 aromatic rings. The van der Waals surface area contributed by atoms with Gasteiger partial charge in [-0.15, -0.1) is 0 Å². The molecule has 0 spiro atoms. The van der Waals surface area contributed by atoms with E-state index in [-0.39, 0.29) is 64.4 Å². The fourth-order valence-corrected chi connectivity index (χ4v) is 7.24. The van der Waals surface area contributed by atoms with Gasteiger partial charge in [-0.1, -0.05) is 54.7 Å². The number of rotatable bonds is 11. The van der Waals surface area contributed by atoms with Crippen LogP contribution in [0.4, 0.5) is 5.69 Å². The number of aromatic nitrogens is 1. The molecule has 1 aliphatic rings. The minimum atomic E-state index is -4.49. The molecule has 0 amide bonds. The Morgan fingerprint density at radius 2 is 1.62 bits per heavy atom. The normalized spacial score (nSPS) is 14.5. The topological polar surface area (TPSA) is 131 Å². The molecular weight excluding hydrogens is 660 g/mol. The van der Waals surface area contributed by atoms with Crippen LogP contribution in [0.15, 0.2) is 78.2 Å². The number of thiazole rings is 1. The summed E-state index contributed by atoms with van der Waals surface area (Å²) in [6, 6.07) is 19.6. The van der Waals surface area contributed by atoms with E-state index >= 15 is 0 Å². The maximum Gasteiger partial charge on any atom is 1.00 e. The molecular formula is C32H33KN2O7S3. The first kappa shape index (κ1) is 35.9. The number of aryl methyl sites for hydroxylation is 3. The van der Waals surface area contributed by atoms with Crippen LogP contribution in [0, 0.1) is 13.8 Å². The molecule has 3 aromatic carbocycles. The predicted molar refractivity (Wildman–Crippen MR) is 171 cm³/mol. The van der Waals surface area contributed by atoms with E-state index in [0.29, 0.717) is 30.3 Å². The van der Waals surface area contributed by atoms with Crippen LogP contribution in [-0.2, 0) is 26.8 Å². The summed E-state index contributed by atoms with van der Waals surface area (Å²) in [4.78, 5) is 1.71. The third kappa shape index (κ3) is 9.13. The second-order valence-corrected chi connectivity index (χ2v) is 14.8. The Kier molecular flexibility index (Phi) is 11.9. The number of anilines is 1. The van der Waals surface area contributed by atoms with Gasteiger partial charge in [0.2, 0.25) is 11.4 Å². The van der Waals surface area contributed by atoms with Crippen LogP contribution in [0.1, 0.15) is 35.9 Å². The molecule has 0 unspecified atom stereocenters. The van der Waals surface area contributed by atoms with Gasteiger partial charge in [0.1, 0.15) is 4.70 Å². The van der Waals surface area contributed by atoms with Gasteiger partial charge in [-0.2, -0.15) is 4.57 Å². The second kappa shape index (κ2) is 14.9. The number of hydrogen-bond acceptors (Lipinski definition) is 9. The van der Waals surface area contributed by atoms with Crippen LogP contribution in [0.2, 0.25) is 0 Å². The van der Waals surface area contributed by atoms with E-state index in [9.17, 15) is 25.9 Å². The molecule has 2 heterocycles. The van der Waals surface area contributed by atoms with Crippen molar-refractivity contribution in [1.29, 1.82) is 0 Å². The first-order chi connectivity index (χ1) is 20.8. The fourth-order valence-electron chi connectivity index (χ4n) is 5.11. The summed E-state index contributed by atoms with van der Waals surface area (Å²) < 4.78 is 78.1. The molecule has 0 radical (unpaired) electrons. The molecule has 232 valence electrons. The van der Waals surface area contributed by atoms with Crippen LogP contribution in [-0.4, -0.2) is 44.0 Å². The maximum atomic E-state index is 11.6. The molecule has 0 bridgehead atoms. The van der Waals surface area contributed by atoms with Gasteiger partial charge in [-0.3, -0.25) is 0 Å². The summed E-state index contributed by atoms with van der Waals surface area (Å²) >= 11 is 1.56. The Morgan fingerprint density at radius 3 is 2.29 bits per heavy atom. The third-order valence-corrected chi connectivity index (χ3v) is 10.1. The van der Waals surface area contributed by atoms with Crippen molar-refractivity contribution in [3.63, 3.8) is 0 Å². The van der Waals surface area contributed by atoms with Crippen LogP contribution < -0.4 is 65.6 Å². The average Bonchev–Trinajstić information content (AvgIpc) is 3.47. The number of fused-ring (bicyclic) bond motifs is 2. The van der Waals surface area contributed by atoms with E-state index in [2.05, 4.69) is 12.1 Å². The third-order valence-electron chi connectivity index (χ3n) is 7.55. The molecule has 1 aromatic heterocycles. The molecule has 45 heavy (non-hydrogen) atoms. The molecule has 5 rings (SSSR count). The van der Waals surface area contributed by atoms with Crippen molar-refractivity contribution in [2.45, 2.75) is 40.2 Å².